The Morgan fingerprint density at radius 3 is 2.44 bits per heavy atom. The number of carbonyl (C=O) groups excluding carboxylic acids is 1. The molecule has 0 aliphatic heterocycles. The van der Waals surface area contributed by atoms with E-state index in [1.54, 1.807) is 36.7 Å². The minimum Gasteiger partial charge on any atom is -0.290 e. The van der Waals surface area contributed by atoms with Crippen molar-refractivity contribution in [3.8, 4) is 11.3 Å². The number of rotatable bonds is 3. The van der Waals surface area contributed by atoms with E-state index in [4.69, 9.17) is 23.2 Å². The van der Waals surface area contributed by atoms with Gasteiger partial charge in [-0.25, -0.2) is 15.0 Å². The summed E-state index contributed by atoms with van der Waals surface area (Å²) in [4.78, 5) is 25.6. The van der Waals surface area contributed by atoms with Gasteiger partial charge in [-0.3, -0.25) is 10.1 Å². The SMILES string of the molecule is O=C(Nc1ncccn1)c1cc(-c2ccc(Cl)c(Cl)c2)nc2ccccc12. The van der Waals surface area contributed by atoms with Gasteiger partial charge in [0.2, 0.25) is 5.95 Å². The number of anilines is 1. The molecule has 0 aliphatic carbocycles. The van der Waals surface area contributed by atoms with Crippen LogP contribution in [0.3, 0.4) is 0 Å². The zero-order chi connectivity index (χ0) is 18.8. The highest BCUT2D eigenvalue weighted by molar-refractivity contribution is 6.42. The molecule has 2 heterocycles. The molecule has 27 heavy (non-hydrogen) atoms. The first kappa shape index (κ1) is 17.4. The Kier molecular flexibility index (Phi) is 4.71. The number of para-hydroxylation sites is 1. The van der Waals surface area contributed by atoms with Crippen LogP contribution in [-0.4, -0.2) is 20.9 Å². The molecular weight excluding hydrogens is 383 g/mol. The van der Waals surface area contributed by atoms with Crippen molar-refractivity contribution in [2.75, 3.05) is 5.32 Å². The first-order valence-electron chi connectivity index (χ1n) is 8.05. The summed E-state index contributed by atoms with van der Waals surface area (Å²) in [7, 11) is 0. The highest BCUT2D eigenvalue weighted by atomic mass is 35.5. The zero-order valence-corrected chi connectivity index (χ0v) is 15.4. The summed E-state index contributed by atoms with van der Waals surface area (Å²) in [6.07, 6.45) is 3.13. The Bertz CT molecular complexity index is 1150. The summed E-state index contributed by atoms with van der Waals surface area (Å²) in [6.45, 7) is 0. The van der Waals surface area contributed by atoms with Crippen LogP contribution in [0, 0.1) is 0 Å². The van der Waals surface area contributed by atoms with E-state index in [0.29, 0.717) is 26.8 Å². The first-order valence-corrected chi connectivity index (χ1v) is 8.81. The lowest BCUT2D eigenvalue weighted by molar-refractivity contribution is 0.102. The van der Waals surface area contributed by atoms with Gasteiger partial charge in [-0.2, -0.15) is 0 Å². The molecule has 0 saturated heterocycles. The van der Waals surface area contributed by atoms with Crippen LogP contribution in [-0.2, 0) is 0 Å². The van der Waals surface area contributed by atoms with Gasteiger partial charge in [0, 0.05) is 23.3 Å². The van der Waals surface area contributed by atoms with Crippen molar-refractivity contribution in [1.82, 2.24) is 15.0 Å². The van der Waals surface area contributed by atoms with Crippen molar-refractivity contribution in [3.63, 3.8) is 0 Å². The van der Waals surface area contributed by atoms with Crippen LogP contribution in [0.1, 0.15) is 10.4 Å². The Morgan fingerprint density at radius 1 is 0.889 bits per heavy atom. The predicted molar refractivity (Wildman–Crippen MR) is 107 cm³/mol. The van der Waals surface area contributed by atoms with E-state index >= 15 is 0 Å². The number of amides is 1. The van der Waals surface area contributed by atoms with Gasteiger partial charge < -0.3 is 0 Å². The lowest BCUT2D eigenvalue weighted by Gasteiger charge is -2.10. The van der Waals surface area contributed by atoms with E-state index in [9.17, 15) is 4.79 Å². The molecule has 1 amide bonds. The standard InChI is InChI=1S/C20H12Cl2N4O/c21-15-7-6-12(10-16(15)22)18-11-14(13-4-1-2-5-17(13)25-18)19(27)26-20-23-8-3-9-24-20/h1-11H,(H,23,24,26,27). The molecule has 4 aromatic rings. The van der Waals surface area contributed by atoms with Gasteiger partial charge in [-0.15, -0.1) is 0 Å². The molecule has 0 atom stereocenters. The molecule has 0 spiro atoms. The quantitative estimate of drug-likeness (QED) is 0.515. The summed E-state index contributed by atoms with van der Waals surface area (Å²) in [6, 6.07) is 16.1. The maximum absolute atomic E-state index is 12.9. The first-order chi connectivity index (χ1) is 13.1. The molecule has 4 rings (SSSR count). The van der Waals surface area contributed by atoms with E-state index in [2.05, 4.69) is 20.3 Å². The van der Waals surface area contributed by atoms with E-state index in [1.165, 1.54) is 0 Å². The number of halogens is 2. The summed E-state index contributed by atoms with van der Waals surface area (Å²) < 4.78 is 0. The van der Waals surface area contributed by atoms with E-state index in [-0.39, 0.29) is 11.9 Å². The van der Waals surface area contributed by atoms with E-state index in [0.717, 1.165) is 10.9 Å². The molecule has 0 saturated carbocycles. The molecule has 0 bridgehead atoms. The number of hydrogen-bond acceptors (Lipinski definition) is 4. The van der Waals surface area contributed by atoms with Crippen LogP contribution in [0.15, 0.2) is 67.0 Å². The average Bonchev–Trinajstić information content (AvgIpc) is 2.70. The second kappa shape index (κ2) is 7.31. The third-order valence-electron chi connectivity index (χ3n) is 3.97. The Hall–Kier alpha value is -3.02. The lowest BCUT2D eigenvalue weighted by Crippen LogP contribution is -2.15. The maximum Gasteiger partial charge on any atom is 0.258 e. The van der Waals surface area contributed by atoms with Crippen molar-refractivity contribution in [2.45, 2.75) is 0 Å². The van der Waals surface area contributed by atoms with Crippen LogP contribution in [0.2, 0.25) is 10.0 Å². The maximum atomic E-state index is 12.9. The number of carbonyl (C=O) groups is 1. The minimum absolute atomic E-state index is 0.236. The monoisotopic (exact) mass is 394 g/mol. The summed E-state index contributed by atoms with van der Waals surface area (Å²) in [5.41, 5.74) is 2.54. The summed E-state index contributed by atoms with van der Waals surface area (Å²) in [5.74, 6) is -0.0828. The van der Waals surface area contributed by atoms with Crippen LogP contribution in [0.5, 0.6) is 0 Å². The molecular formula is C20H12Cl2N4O. The summed E-state index contributed by atoms with van der Waals surface area (Å²) >= 11 is 12.1. The van der Waals surface area contributed by atoms with Gasteiger partial charge in [-0.1, -0.05) is 47.5 Å². The fourth-order valence-electron chi connectivity index (χ4n) is 2.70. The average molecular weight is 395 g/mol. The van der Waals surface area contributed by atoms with Gasteiger partial charge in [-0.05, 0) is 30.3 Å². The number of hydrogen-bond donors (Lipinski definition) is 1. The van der Waals surface area contributed by atoms with Crippen LogP contribution in [0.4, 0.5) is 5.95 Å². The van der Waals surface area contributed by atoms with Crippen LogP contribution >= 0.6 is 23.2 Å². The second-order valence-electron chi connectivity index (χ2n) is 5.73. The molecule has 1 N–H and O–H groups in total. The van der Waals surface area contributed by atoms with Gasteiger partial charge >= 0.3 is 0 Å². The largest absolute Gasteiger partial charge is 0.290 e. The number of nitrogens with zero attached hydrogens (tertiary/aromatic N) is 3. The fourth-order valence-corrected chi connectivity index (χ4v) is 3.00. The predicted octanol–water partition coefficient (Wildman–Crippen LogP) is 5.25. The van der Waals surface area contributed by atoms with E-state index in [1.807, 2.05) is 30.3 Å². The third-order valence-corrected chi connectivity index (χ3v) is 4.71. The number of fused-ring (bicyclic) bond motifs is 1. The lowest BCUT2D eigenvalue weighted by atomic mass is 10.0. The molecule has 132 valence electrons. The molecule has 2 aromatic carbocycles. The molecule has 0 fully saturated rings. The molecule has 2 aromatic heterocycles. The van der Waals surface area contributed by atoms with Crippen molar-refractivity contribution in [3.05, 3.63) is 82.6 Å². The van der Waals surface area contributed by atoms with Crippen LogP contribution < -0.4 is 5.32 Å². The van der Waals surface area contributed by atoms with Gasteiger partial charge in [0.1, 0.15) is 0 Å². The third kappa shape index (κ3) is 3.60. The highest BCUT2D eigenvalue weighted by Gasteiger charge is 2.15. The van der Waals surface area contributed by atoms with Crippen molar-refractivity contribution < 1.29 is 4.79 Å². The molecule has 7 heteroatoms. The smallest absolute Gasteiger partial charge is 0.258 e. The van der Waals surface area contributed by atoms with Crippen LogP contribution in [0.25, 0.3) is 22.2 Å². The van der Waals surface area contributed by atoms with Crippen molar-refractivity contribution in [1.29, 1.82) is 0 Å². The molecule has 0 radical (unpaired) electrons. The minimum atomic E-state index is -0.318. The zero-order valence-electron chi connectivity index (χ0n) is 13.9. The van der Waals surface area contributed by atoms with Crippen molar-refractivity contribution in [2.24, 2.45) is 0 Å². The molecule has 5 nitrogen and oxygen atoms in total. The highest BCUT2D eigenvalue weighted by Crippen LogP contribution is 2.30. The number of pyridine rings is 1. The summed E-state index contributed by atoms with van der Waals surface area (Å²) in [5, 5.41) is 4.33. The second-order valence-corrected chi connectivity index (χ2v) is 6.54. The molecule has 0 unspecified atom stereocenters. The van der Waals surface area contributed by atoms with Gasteiger partial charge in [0.05, 0.1) is 26.8 Å². The Labute approximate surface area is 165 Å². The van der Waals surface area contributed by atoms with Gasteiger partial charge in [0.25, 0.3) is 5.91 Å². The van der Waals surface area contributed by atoms with Crippen molar-refractivity contribution >= 4 is 46.0 Å². The van der Waals surface area contributed by atoms with Gasteiger partial charge in [0.15, 0.2) is 0 Å². The Balaban J connectivity index is 1.83. The number of aromatic nitrogens is 3. The Morgan fingerprint density at radius 2 is 1.67 bits per heavy atom. The topological polar surface area (TPSA) is 67.8 Å². The fraction of sp³-hybridized carbons (Fsp3) is 0. The number of nitrogens with one attached hydrogen (secondary N) is 1. The van der Waals surface area contributed by atoms with E-state index < -0.39 is 0 Å². The normalized spacial score (nSPS) is 10.7. The number of benzene rings is 2. The molecule has 0 aliphatic rings.